The van der Waals surface area contributed by atoms with Crippen LogP contribution in [0, 0.1) is 0 Å². The fourth-order valence-corrected chi connectivity index (χ4v) is 2.38. The van der Waals surface area contributed by atoms with Crippen molar-refractivity contribution in [1.29, 1.82) is 0 Å². The molecule has 1 aliphatic carbocycles. The van der Waals surface area contributed by atoms with Gasteiger partial charge in [-0.25, -0.2) is 4.99 Å². The van der Waals surface area contributed by atoms with Gasteiger partial charge < -0.3 is 16.8 Å². The van der Waals surface area contributed by atoms with Crippen molar-refractivity contribution in [3.63, 3.8) is 0 Å². The van der Waals surface area contributed by atoms with Gasteiger partial charge >= 0.3 is 0 Å². The lowest BCUT2D eigenvalue weighted by Crippen LogP contribution is -2.27. The minimum absolute atomic E-state index is 0.226. The van der Waals surface area contributed by atoms with Crippen LogP contribution in [-0.2, 0) is 0 Å². The molecule has 5 nitrogen and oxygen atoms in total. The molecular weight excluding hydrogens is 274 g/mol. The van der Waals surface area contributed by atoms with Crippen molar-refractivity contribution in [3.05, 3.63) is 29.3 Å². The van der Waals surface area contributed by atoms with Crippen molar-refractivity contribution in [2.45, 2.75) is 38.1 Å². The maximum atomic E-state index is 5.81. The Morgan fingerprint density at radius 2 is 1.75 bits per heavy atom. The predicted molar refractivity (Wildman–Crippen MR) is 85.2 cm³/mol. The Morgan fingerprint density at radius 1 is 1.10 bits per heavy atom. The van der Waals surface area contributed by atoms with Gasteiger partial charge in [-0.1, -0.05) is 30.9 Å². The van der Waals surface area contributed by atoms with E-state index in [4.69, 9.17) is 23.1 Å². The number of hydrogen-bond donors (Lipinski definition) is 3. The third kappa shape index (κ3) is 4.74. The lowest BCUT2D eigenvalue weighted by atomic mass is 9.96. The fourth-order valence-electron chi connectivity index (χ4n) is 2.26. The molecule has 0 amide bonds. The molecule has 5 N–H and O–H groups in total. The zero-order valence-corrected chi connectivity index (χ0v) is 12.1. The van der Waals surface area contributed by atoms with E-state index in [0.29, 0.717) is 5.02 Å². The molecule has 1 saturated carbocycles. The predicted octanol–water partition coefficient (Wildman–Crippen LogP) is 2.71. The molecule has 2 rings (SSSR count). The first kappa shape index (κ1) is 14.7. The van der Waals surface area contributed by atoms with Gasteiger partial charge in [0, 0.05) is 10.7 Å². The lowest BCUT2D eigenvalue weighted by Gasteiger charge is -2.17. The molecule has 0 saturated heterocycles. The Kier molecular flexibility index (Phi) is 5.24. The highest BCUT2D eigenvalue weighted by Crippen LogP contribution is 2.20. The number of aliphatic imine (C=N–C) groups is 2. The maximum Gasteiger partial charge on any atom is 0.218 e. The third-order valence-electron chi connectivity index (χ3n) is 3.24. The molecule has 0 atom stereocenters. The molecule has 0 unspecified atom stereocenters. The van der Waals surface area contributed by atoms with E-state index in [2.05, 4.69) is 15.3 Å². The van der Waals surface area contributed by atoms with Crippen LogP contribution in [0.5, 0.6) is 0 Å². The van der Waals surface area contributed by atoms with Crippen molar-refractivity contribution >= 4 is 29.2 Å². The lowest BCUT2D eigenvalue weighted by molar-refractivity contribution is 0.443. The number of rotatable bonds is 2. The summed E-state index contributed by atoms with van der Waals surface area (Å²) in [6.45, 7) is 0. The second kappa shape index (κ2) is 7.14. The molecule has 0 aliphatic heterocycles. The van der Waals surface area contributed by atoms with Gasteiger partial charge in [-0.2, -0.15) is 4.99 Å². The van der Waals surface area contributed by atoms with E-state index in [1.165, 1.54) is 19.3 Å². The number of guanidine groups is 2. The van der Waals surface area contributed by atoms with Crippen molar-refractivity contribution < 1.29 is 0 Å². The molecule has 0 bridgehead atoms. The summed E-state index contributed by atoms with van der Waals surface area (Å²) in [6, 6.07) is 7.47. The number of nitrogens with two attached hydrogens (primary N) is 2. The normalized spacial score (nSPS) is 18.1. The van der Waals surface area contributed by atoms with Crippen LogP contribution in [0.2, 0.25) is 5.02 Å². The molecule has 0 spiro atoms. The first-order chi connectivity index (χ1) is 9.63. The molecule has 0 radical (unpaired) electrons. The SMILES string of the molecule is NC(=NC1CCCCC1)/N=C(/N)Nc1ccc(Cl)cc1. The Hall–Kier alpha value is -1.75. The van der Waals surface area contributed by atoms with Crippen LogP contribution < -0.4 is 16.8 Å². The number of nitrogens with zero attached hydrogens (tertiary/aromatic N) is 2. The molecule has 0 heterocycles. The average molecular weight is 294 g/mol. The van der Waals surface area contributed by atoms with Crippen molar-refractivity contribution in [3.8, 4) is 0 Å². The van der Waals surface area contributed by atoms with Gasteiger partial charge in [0.15, 0.2) is 0 Å². The van der Waals surface area contributed by atoms with Crippen LogP contribution in [0.4, 0.5) is 5.69 Å². The molecule has 20 heavy (non-hydrogen) atoms. The van der Waals surface area contributed by atoms with Crippen LogP contribution in [-0.4, -0.2) is 18.0 Å². The van der Waals surface area contributed by atoms with E-state index < -0.39 is 0 Å². The molecule has 1 fully saturated rings. The third-order valence-corrected chi connectivity index (χ3v) is 3.49. The van der Waals surface area contributed by atoms with Crippen LogP contribution in [0.25, 0.3) is 0 Å². The van der Waals surface area contributed by atoms with Crippen LogP contribution in [0.1, 0.15) is 32.1 Å². The smallest absolute Gasteiger partial charge is 0.218 e. The quantitative estimate of drug-likeness (QED) is 0.578. The van der Waals surface area contributed by atoms with E-state index in [9.17, 15) is 0 Å². The summed E-state index contributed by atoms with van der Waals surface area (Å²) in [4.78, 5) is 8.46. The van der Waals surface area contributed by atoms with E-state index in [1.807, 2.05) is 12.1 Å². The molecule has 0 aromatic heterocycles. The van der Waals surface area contributed by atoms with Gasteiger partial charge in [-0.05, 0) is 37.1 Å². The van der Waals surface area contributed by atoms with Gasteiger partial charge in [0.25, 0.3) is 0 Å². The first-order valence-corrected chi connectivity index (χ1v) is 7.21. The summed E-state index contributed by atoms with van der Waals surface area (Å²) < 4.78 is 0. The Balaban J connectivity index is 1.94. The van der Waals surface area contributed by atoms with Crippen LogP contribution in [0.3, 0.4) is 0 Å². The molecule has 108 valence electrons. The summed E-state index contributed by atoms with van der Waals surface area (Å²) in [5, 5.41) is 3.62. The number of anilines is 1. The van der Waals surface area contributed by atoms with Crippen molar-refractivity contribution in [2.24, 2.45) is 21.5 Å². The Morgan fingerprint density at radius 3 is 2.40 bits per heavy atom. The van der Waals surface area contributed by atoms with E-state index in [-0.39, 0.29) is 18.0 Å². The molecule has 6 heteroatoms. The number of nitrogens with one attached hydrogen (secondary N) is 1. The first-order valence-electron chi connectivity index (χ1n) is 6.83. The van der Waals surface area contributed by atoms with Gasteiger partial charge in [0.1, 0.15) is 0 Å². The van der Waals surface area contributed by atoms with Gasteiger partial charge in [-0.3, -0.25) is 0 Å². The van der Waals surface area contributed by atoms with E-state index >= 15 is 0 Å². The summed E-state index contributed by atoms with van der Waals surface area (Å²) in [7, 11) is 0. The highest BCUT2D eigenvalue weighted by Gasteiger charge is 2.12. The van der Waals surface area contributed by atoms with E-state index in [0.717, 1.165) is 18.5 Å². The zero-order valence-electron chi connectivity index (χ0n) is 11.3. The molecule has 1 aromatic carbocycles. The summed E-state index contributed by atoms with van der Waals surface area (Å²) in [5.41, 5.74) is 12.4. The fraction of sp³-hybridized carbons (Fsp3) is 0.429. The highest BCUT2D eigenvalue weighted by molar-refractivity contribution is 6.30. The standard InChI is InChI=1S/C14H20ClN5/c15-10-6-8-12(9-7-10)19-14(17)20-13(16)18-11-4-2-1-3-5-11/h6-9,11H,1-5H2,(H5,16,17,18,19,20). The number of benzene rings is 1. The van der Waals surface area contributed by atoms with Gasteiger partial charge in [0.05, 0.1) is 6.04 Å². The monoisotopic (exact) mass is 293 g/mol. The number of halogens is 1. The summed E-state index contributed by atoms with van der Waals surface area (Å²) in [6.07, 6.45) is 5.88. The summed E-state index contributed by atoms with van der Waals surface area (Å²) >= 11 is 5.81. The maximum absolute atomic E-state index is 5.81. The molecule has 1 aromatic rings. The Labute approximate surface area is 124 Å². The van der Waals surface area contributed by atoms with Crippen molar-refractivity contribution in [2.75, 3.05) is 5.32 Å². The average Bonchev–Trinajstić information content (AvgIpc) is 2.42. The largest absolute Gasteiger partial charge is 0.369 e. The Bertz CT molecular complexity index is 489. The second-order valence-electron chi connectivity index (χ2n) is 4.91. The zero-order chi connectivity index (χ0) is 14.4. The second-order valence-corrected chi connectivity index (χ2v) is 5.34. The van der Waals surface area contributed by atoms with Gasteiger partial charge in [-0.15, -0.1) is 0 Å². The van der Waals surface area contributed by atoms with Crippen molar-refractivity contribution in [1.82, 2.24) is 0 Å². The van der Waals surface area contributed by atoms with Gasteiger partial charge in [0.2, 0.25) is 11.9 Å². The highest BCUT2D eigenvalue weighted by atomic mass is 35.5. The topological polar surface area (TPSA) is 88.8 Å². The van der Waals surface area contributed by atoms with Crippen LogP contribution >= 0.6 is 11.6 Å². The molecular formula is C14H20ClN5. The van der Waals surface area contributed by atoms with Crippen LogP contribution in [0.15, 0.2) is 34.3 Å². The summed E-state index contributed by atoms with van der Waals surface area (Å²) in [5.74, 6) is 0.459. The van der Waals surface area contributed by atoms with E-state index in [1.54, 1.807) is 12.1 Å². The minimum Gasteiger partial charge on any atom is -0.369 e. The molecule has 1 aliphatic rings. The minimum atomic E-state index is 0.226. The number of hydrogen-bond acceptors (Lipinski definition) is 1.